The van der Waals surface area contributed by atoms with Gasteiger partial charge in [0.25, 0.3) is 0 Å². The van der Waals surface area contributed by atoms with E-state index in [0.717, 1.165) is 20.9 Å². The summed E-state index contributed by atoms with van der Waals surface area (Å²) < 4.78 is 1.91. The predicted molar refractivity (Wildman–Crippen MR) is 95.8 cm³/mol. The molecule has 1 fully saturated rings. The molecule has 2 atom stereocenters. The maximum Gasteiger partial charge on any atom is 0.230 e. The molecule has 4 nitrogen and oxygen atoms in total. The summed E-state index contributed by atoms with van der Waals surface area (Å²) in [5, 5.41) is 11.5. The fourth-order valence-corrected chi connectivity index (χ4v) is 5.51. The lowest BCUT2D eigenvalue weighted by Gasteiger charge is -2.29. The van der Waals surface area contributed by atoms with Gasteiger partial charge in [0.15, 0.2) is 8.68 Å². The SMILES string of the molecule is CCCCSc1nnc(SCC(=O)N[C@@H]2CCCC[C@H]2C)s1. The summed E-state index contributed by atoms with van der Waals surface area (Å²) in [6.45, 7) is 4.43. The highest BCUT2D eigenvalue weighted by molar-refractivity contribution is 8.03. The molecule has 1 aromatic heterocycles. The predicted octanol–water partition coefficient (Wildman–Crippen LogP) is 4.22. The second-order valence-electron chi connectivity index (χ2n) is 5.76. The van der Waals surface area contributed by atoms with E-state index in [0.29, 0.717) is 17.7 Å². The number of carbonyl (C=O) groups is 1. The Balaban J connectivity index is 1.69. The van der Waals surface area contributed by atoms with Crippen LogP contribution in [-0.4, -0.2) is 33.7 Å². The van der Waals surface area contributed by atoms with Crippen molar-refractivity contribution in [3.63, 3.8) is 0 Å². The van der Waals surface area contributed by atoms with Gasteiger partial charge in [0.1, 0.15) is 0 Å². The Morgan fingerprint density at radius 3 is 2.73 bits per heavy atom. The van der Waals surface area contributed by atoms with Crippen molar-refractivity contribution >= 4 is 40.8 Å². The maximum atomic E-state index is 12.1. The van der Waals surface area contributed by atoms with Gasteiger partial charge < -0.3 is 5.32 Å². The number of amides is 1. The van der Waals surface area contributed by atoms with Crippen LogP contribution in [0, 0.1) is 5.92 Å². The summed E-state index contributed by atoms with van der Waals surface area (Å²) in [5.74, 6) is 2.26. The molecule has 0 saturated heterocycles. The van der Waals surface area contributed by atoms with Crippen LogP contribution in [0.3, 0.4) is 0 Å². The van der Waals surface area contributed by atoms with E-state index in [1.165, 1.54) is 43.9 Å². The number of thioether (sulfide) groups is 2. The molecule has 0 radical (unpaired) electrons. The van der Waals surface area contributed by atoms with Crippen LogP contribution in [0.15, 0.2) is 8.68 Å². The van der Waals surface area contributed by atoms with Crippen LogP contribution in [0.4, 0.5) is 0 Å². The van der Waals surface area contributed by atoms with E-state index in [-0.39, 0.29) is 5.91 Å². The summed E-state index contributed by atoms with van der Waals surface area (Å²) in [7, 11) is 0. The number of carbonyl (C=O) groups excluding carboxylic acids is 1. The highest BCUT2D eigenvalue weighted by Gasteiger charge is 2.22. The first kappa shape index (κ1) is 18.1. The summed E-state index contributed by atoms with van der Waals surface area (Å²) in [5.41, 5.74) is 0. The first-order valence-corrected chi connectivity index (χ1v) is 10.9. The standard InChI is InChI=1S/C15H25N3OS3/c1-3-4-9-20-14-17-18-15(22-14)21-10-13(19)16-12-8-6-5-7-11(12)2/h11-12H,3-10H2,1-2H3,(H,16,19)/t11-,12-/m1/s1. The highest BCUT2D eigenvalue weighted by Crippen LogP contribution is 2.29. The fraction of sp³-hybridized carbons (Fsp3) is 0.800. The molecule has 22 heavy (non-hydrogen) atoms. The van der Waals surface area contributed by atoms with Crippen LogP contribution < -0.4 is 5.32 Å². The highest BCUT2D eigenvalue weighted by atomic mass is 32.2. The third kappa shape index (κ3) is 6.08. The zero-order valence-electron chi connectivity index (χ0n) is 13.3. The zero-order valence-corrected chi connectivity index (χ0v) is 15.8. The van der Waals surface area contributed by atoms with Crippen molar-refractivity contribution in [3.8, 4) is 0 Å². The molecule has 1 saturated carbocycles. The van der Waals surface area contributed by atoms with Crippen molar-refractivity contribution in [1.82, 2.24) is 15.5 Å². The first-order chi connectivity index (χ1) is 10.7. The van der Waals surface area contributed by atoms with Gasteiger partial charge in [0, 0.05) is 11.8 Å². The van der Waals surface area contributed by atoms with E-state index in [9.17, 15) is 4.79 Å². The lowest BCUT2D eigenvalue weighted by molar-refractivity contribution is -0.119. The molecule has 7 heteroatoms. The van der Waals surface area contributed by atoms with E-state index >= 15 is 0 Å². The van der Waals surface area contributed by atoms with Gasteiger partial charge >= 0.3 is 0 Å². The molecule has 0 bridgehead atoms. The Morgan fingerprint density at radius 1 is 1.27 bits per heavy atom. The number of nitrogens with zero attached hydrogens (tertiary/aromatic N) is 2. The van der Waals surface area contributed by atoms with E-state index in [4.69, 9.17) is 0 Å². The van der Waals surface area contributed by atoms with Crippen LogP contribution in [0.1, 0.15) is 52.4 Å². The summed E-state index contributed by atoms with van der Waals surface area (Å²) >= 11 is 4.85. The fourth-order valence-electron chi connectivity index (χ4n) is 2.52. The second-order valence-corrected chi connectivity index (χ2v) is 9.30. The second kappa shape index (κ2) is 9.78. The van der Waals surface area contributed by atoms with Crippen LogP contribution in [-0.2, 0) is 4.79 Å². The topological polar surface area (TPSA) is 54.9 Å². The minimum atomic E-state index is 0.124. The monoisotopic (exact) mass is 359 g/mol. The molecule has 0 aromatic carbocycles. The Bertz CT molecular complexity index is 467. The van der Waals surface area contributed by atoms with Crippen LogP contribution in [0.25, 0.3) is 0 Å². The van der Waals surface area contributed by atoms with Crippen LogP contribution in [0.2, 0.25) is 0 Å². The molecule has 0 spiro atoms. The van der Waals surface area contributed by atoms with E-state index in [2.05, 4.69) is 29.4 Å². The van der Waals surface area contributed by atoms with Crippen LogP contribution >= 0.6 is 34.9 Å². The Morgan fingerprint density at radius 2 is 2.00 bits per heavy atom. The molecule has 1 heterocycles. The summed E-state index contributed by atoms with van der Waals surface area (Å²) in [6.07, 6.45) is 7.28. The number of nitrogens with one attached hydrogen (secondary N) is 1. The number of hydrogen-bond donors (Lipinski definition) is 1. The van der Waals surface area contributed by atoms with Crippen molar-refractivity contribution < 1.29 is 4.79 Å². The Labute approximate surface area is 145 Å². The van der Waals surface area contributed by atoms with E-state index < -0.39 is 0 Å². The molecular formula is C15H25N3OS3. The van der Waals surface area contributed by atoms with E-state index in [1.54, 1.807) is 23.1 Å². The average Bonchev–Trinajstić information content (AvgIpc) is 2.96. The van der Waals surface area contributed by atoms with Crippen molar-refractivity contribution in [1.29, 1.82) is 0 Å². The van der Waals surface area contributed by atoms with Gasteiger partial charge in [0.05, 0.1) is 5.75 Å². The van der Waals surface area contributed by atoms with Crippen molar-refractivity contribution in [2.75, 3.05) is 11.5 Å². The third-order valence-electron chi connectivity index (χ3n) is 3.90. The quantitative estimate of drug-likeness (QED) is 0.556. The smallest absolute Gasteiger partial charge is 0.230 e. The largest absolute Gasteiger partial charge is 0.352 e. The molecule has 124 valence electrons. The van der Waals surface area contributed by atoms with Gasteiger partial charge in [-0.1, -0.05) is 68.0 Å². The molecule has 2 rings (SSSR count). The van der Waals surface area contributed by atoms with E-state index in [1.807, 2.05) is 0 Å². The minimum Gasteiger partial charge on any atom is -0.352 e. The normalized spacial score (nSPS) is 21.7. The lowest BCUT2D eigenvalue weighted by atomic mass is 9.86. The minimum absolute atomic E-state index is 0.124. The van der Waals surface area contributed by atoms with Gasteiger partial charge in [-0.15, -0.1) is 10.2 Å². The third-order valence-corrected chi connectivity index (χ3v) is 7.17. The van der Waals surface area contributed by atoms with Gasteiger partial charge in [-0.05, 0) is 25.2 Å². The zero-order chi connectivity index (χ0) is 15.8. The van der Waals surface area contributed by atoms with Crippen molar-refractivity contribution in [3.05, 3.63) is 0 Å². The van der Waals surface area contributed by atoms with Gasteiger partial charge in [-0.2, -0.15) is 0 Å². The van der Waals surface area contributed by atoms with Crippen LogP contribution in [0.5, 0.6) is 0 Å². The van der Waals surface area contributed by atoms with Gasteiger partial charge in [-0.3, -0.25) is 4.79 Å². The molecule has 1 amide bonds. The maximum absolute atomic E-state index is 12.1. The summed E-state index contributed by atoms with van der Waals surface area (Å²) in [4.78, 5) is 12.1. The lowest BCUT2D eigenvalue weighted by Crippen LogP contribution is -2.41. The number of aromatic nitrogens is 2. The number of rotatable bonds is 8. The van der Waals surface area contributed by atoms with Gasteiger partial charge in [0.2, 0.25) is 5.91 Å². The molecular weight excluding hydrogens is 334 g/mol. The molecule has 1 aliphatic carbocycles. The molecule has 0 aliphatic heterocycles. The molecule has 0 unspecified atom stereocenters. The Kier molecular flexibility index (Phi) is 8.03. The van der Waals surface area contributed by atoms with Crippen molar-refractivity contribution in [2.24, 2.45) is 5.92 Å². The van der Waals surface area contributed by atoms with Crippen molar-refractivity contribution in [2.45, 2.75) is 67.1 Å². The van der Waals surface area contributed by atoms with Gasteiger partial charge in [-0.25, -0.2) is 0 Å². The number of unbranched alkanes of at least 4 members (excludes halogenated alkanes) is 1. The average molecular weight is 360 g/mol. The number of hydrogen-bond acceptors (Lipinski definition) is 6. The molecule has 1 aliphatic rings. The molecule has 1 aromatic rings. The molecule has 1 N–H and O–H groups in total. The summed E-state index contributed by atoms with van der Waals surface area (Å²) in [6, 6.07) is 0.358. The Hall–Kier alpha value is -0.270. The first-order valence-electron chi connectivity index (χ1n) is 8.07.